The molecule has 1 aliphatic carbocycles. The van der Waals surface area contributed by atoms with Gasteiger partial charge in [0, 0.05) is 11.5 Å². The van der Waals surface area contributed by atoms with Crippen molar-refractivity contribution in [1.82, 2.24) is 0 Å². The highest BCUT2D eigenvalue weighted by molar-refractivity contribution is 7.91. The predicted octanol–water partition coefficient (Wildman–Crippen LogP) is 5.75. The van der Waals surface area contributed by atoms with Crippen LogP contribution < -0.4 is 19.8 Å². The first-order valence-electron chi connectivity index (χ1n) is 14.4. The van der Waals surface area contributed by atoms with Crippen LogP contribution in [0.5, 0.6) is 11.5 Å². The topological polar surface area (TPSA) is 72.8 Å². The number of benzene rings is 4. The minimum Gasteiger partial charge on any atom is -0.493 e. The maximum absolute atomic E-state index is 13.9. The first kappa shape index (κ1) is 30.1. The van der Waals surface area contributed by atoms with Crippen LogP contribution in [-0.2, 0) is 15.3 Å². The van der Waals surface area contributed by atoms with E-state index in [-0.39, 0.29) is 16.6 Å². The molecule has 7 heteroatoms. The Balaban J connectivity index is 1.44. The Morgan fingerprint density at radius 2 is 1.33 bits per heavy atom. The molecule has 220 valence electrons. The fourth-order valence-corrected chi connectivity index (χ4v) is 12.3. The molecule has 1 N–H and O–H groups in total. The van der Waals surface area contributed by atoms with Crippen molar-refractivity contribution in [3.63, 3.8) is 0 Å². The Bertz CT molecular complexity index is 1570. The number of hydrogen-bond donors (Lipinski definition) is 1. The quantitative estimate of drug-likeness (QED) is 0.210. The van der Waals surface area contributed by atoms with Gasteiger partial charge in [-0.25, -0.2) is 8.42 Å². The molecule has 1 saturated carbocycles. The summed E-state index contributed by atoms with van der Waals surface area (Å²) in [4.78, 5) is 12.8. The number of sulfone groups is 1. The van der Waals surface area contributed by atoms with Crippen molar-refractivity contribution in [2.45, 2.75) is 48.5 Å². The van der Waals surface area contributed by atoms with Gasteiger partial charge in [-0.2, -0.15) is 0 Å². The average molecular weight is 601 g/mol. The molecule has 0 aliphatic heterocycles. The van der Waals surface area contributed by atoms with Crippen molar-refractivity contribution < 1.29 is 22.7 Å². The van der Waals surface area contributed by atoms with Crippen molar-refractivity contribution in [3.05, 3.63) is 115 Å². The van der Waals surface area contributed by atoms with E-state index < -0.39 is 28.6 Å². The largest absolute Gasteiger partial charge is 0.493 e. The highest BCUT2D eigenvalue weighted by atomic mass is 32.2. The van der Waals surface area contributed by atoms with Gasteiger partial charge in [-0.3, -0.25) is 0 Å². The Kier molecular flexibility index (Phi) is 8.38. The monoisotopic (exact) mass is 600 g/mol. The summed E-state index contributed by atoms with van der Waals surface area (Å²) in [6.45, 7) is 4.35. The van der Waals surface area contributed by atoms with Crippen LogP contribution in [0.4, 0.5) is 0 Å². The van der Waals surface area contributed by atoms with E-state index in [0.29, 0.717) is 11.5 Å². The van der Waals surface area contributed by atoms with Crippen molar-refractivity contribution >= 4 is 28.5 Å². The Morgan fingerprint density at radius 1 is 0.810 bits per heavy atom. The van der Waals surface area contributed by atoms with Crippen molar-refractivity contribution in [1.29, 1.82) is 0 Å². The number of ether oxygens (including phenoxy) is 2. The second kappa shape index (κ2) is 11.7. The van der Waals surface area contributed by atoms with Crippen molar-refractivity contribution in [2.75, 3.05) is 20.0 Å². The third-order valence-electron chi connectivity index (χ3n) is 9.22. The first-order chi connectivity index (χ1) is 20.1. The normalized spacial score (nSPS) is 18.8. The molecule has 0 aromatic heterocycles. The first-order valence-corrected chi connectivity index (χ1v) is 18.0. The van der Waals surface area contributed by atoms with E-state index in [0.717, 1.165) is 35.2 Å². The minimum absolute atomic E-state index is 0.0175. The molecule has 0 bridgehead atoms. The molecule has 4 aromatic carbocycles. The molecular weight excluding hydrogens is 561 g/mol. The van der Waals surface area contributed by atoms with E-state index in [2.05, 4.69) is 13.8 Å². The van der Waals surface area contributed by atoms with Crippen molar-refractivity contribution in [2.24, 2.45) is 5.92 Å². The molecule has 5 rings (SSSR count). The zero-order valence-electron chi connectivity index (χ0n) is 24.8. The maximum Gasteiger partial charge on any atom is 0.258 e. The molecule has 1 aliphatic rings. The van der Waals surface area contributed by atoms with E-state index in [1.54, 1.807) is 18.2 Å². The van der Waals surface area contributed by atoms with E-state index in [1.165, 1.54) is 14.2 Å². The Morgan fingerprint density at radius 3 is 1.86 bits per heavy atom. The lowest BCUT2D eigenvalue weighted by molar-refractivity contribution is 0.354. The van der Waals surface area contributed by atoms with Gasteiger partial charge in [0.1, 0.15) is 0 Å². The third kappa shape index (κ3) is 5.53. The number of rotatable bonds is 12. The van der Waals surface area contributed by atoms with Crippen LogP contribution in [0.3, 0.4) is 0 Å². The van der Waals surface area contributed by atoms with Gasteiger partial charge in [0.15, 0.2) is 21.3 Å². The van der Waals surface area contributed by atoms with Crippen LogP contribution in [0.15, 0.2) is 114 Å². The standard InChI is InChI=1S/C35H40O5SSi/c1-34(2,42(38,30-16-10-6-11-17-30)31-18-12-7-13-19-31)23-22-28-25-35(28,27-14-8-5-9-15-27)26-41(36,37)29-20-21-32(39-3)33(24-29)40-4/h5-21,24,28,38H,22-23,25-26H2,1-4H3. The highest BCUT2D eigenvalue weighted by Gasteiger charge is 2.58. The molecule has 0 amide bonds. The zero-order valence-corrected chi connectivity index (χ0v) is 26.6. The van der Waals surface area contributed by atoms with E-state index in [1.807, 2.05) is 91.0 Å². The van der Waals surface area contributed by atoms with E-state index in [9.17, 15) is 13.2 Å². The summed E-state index contributed by atoms with van der Waals surface area (Å²) in [5.74, 6) is 1.09. The lowest BCUT2D eigenvalue weighted by Gasteiger charge is -2.41. The van der Waals surface area contributed by atoms with Gasteiger partial charge in [0.2, 0.25) is 0 Å². The summed E-state index contributed by atoms with van der Waals surface area (Å²) in [6.07, 6.45) is 2.38. The van der Waals surface area contributed by atoms with Crippen LogP contribution >= 0.6 is 0 Å². The van der Waals surface area contributed by atoms with Gasteiger partial charge in [-0.1, -0.05) is 105 Å². The summed E-state index contributed by atoms with van der Waals surface area (Å²) in [5.41, 5.74) is 0.568. The summed E-state index contributed by atoms with van der Waals surface area (Å²) in [5, 5.41) is 1.58. The summed E-state index contributed by atoms with van der Waals surface area (Å²) >= 11 is 0. The molecular formula is C35H40O5SSi. The molecule has 0 spiro atoms. The lowest BCUT2D eigenvalue weighted by atomic mass is 9.92. The fraction of sp³-hybridized carbons (Fsp3) is 0.314. The van der Waals surface area contributed by atoms with Gasteiger partial charge >= 0.3 is 0 Å². The lowest BCUT2D eigenvalue weighted by Crippen LogP contribution is -2.65. The fourth-order valence-electron chi connectivity index (χ4n) is 6.60. The van der Waals surface area contributed by atoms with Crippen LogP contribution in [0.25, 0.3) is 0 Å². The summed E-state index contributed by atoms with van der Waals surface area (Å²) < 4.78 is 38.5. The predicted molar refractivity (Wildman–Crippen MR) is 171 cm³/mol. The van der Waals surface area contributed by atoms with Crippen LogP contribution in [0.1, 0.15) is 38.7 Å². The van der Waals surface area contributed by atoms with Gasteiger partial charge in [-0.05, 0) is 58.3 Å². The van der Waals surface area contributed by atoms with Crippen LogP contribution in [0, 0.1) is 5.92 Å². The molecule has 0 saturated heterocycles. The second-order valence-corrected chi connectivity index (χ2v) is 18.0. The molecule has 4 aromatic rings. The van der Waals surface area contributed by atoms with E-state index in [4.69, 9.17) is 9.47 Å². The molecule has 2 unspecified atom stereocenters. The molecule has 1 fully saturated rings. The Labute approximate surface area is 251 Å². The second-order valence-electron chi connectivity index (χ2n) is 12.1. The van der Waals surface area contributed by atoms with E-state index >= 15 is 0 Å². The minimum atomic E-state index is -3.64. The summed E-state index contributed by atoms with van der Waals surface area (Å²) in [7, 11) is -3.75. The van der Waals surface area contributed by atoms with Gasteiger partial charge in [0.05, 0.1) is 24.9 Å². The van der Waals surface area contributed by atoms with Crippen LogP contribution in [-0.4, -0.2) is 41.5 Å². The Hall–Kier alpha value is -3.39. The molecule has 0 radical (unpaired) electrons. The summed E-state index contributed by atoms with van der Waals surface area (Å²) in [6, 6.07) is 34.9. The van der Waals surface area contributed by atoms with Gasteiger partial charge in [-0.15, -0.1) is 0 Å². The molecule has 0 heterocycles. The molecule has 42 heavy (non-hydrogen) atoms. The SMILES string of the molecule is COc1ccc(S(=O)(=O)CC2(c3ccccc3)CC2CCC(C)(C)[Si](O)(c2ccccc2)c2ccccc2)cc1OC. The van der Waals surface area contributed by atoms with Gasteiger partial charge < -0.3 is 14.3 Å². The smallest absolute Gasteiger partial charge is 0.258 e. The zero-order chi connectivity index (χ0) is 30.0. The number of hydrogen-bond acceptors (Lipinski definition) is 5. The maximum atomic E-state index is 13.9. The molecule has 2 atom stereocenters. The third-order valence-corrected chi connectivity index (χ3v) is 15.6. The van der Waals surface area contributed by atoms with Gasteiger partial charge in [0.25, 0.3) is 8.32 Å². The van der Waals surface area contributed by atoms with Crippen LogP contribution in [0.2, 0.25) is 5.04 Å². The van der Waals surface area contributed by atoms with Crippen molar-refractivity contribution in [3.8, 4) is 11.5 Å². The number of methoxy groups -OCH3 is 2. The highest BCUT2D eigenvalue weighted by Crippen LogP contribution is 2.59. The molecule has 5 nitrogen and oxygen atoms in total. The average Bonchev–Trinajstić information content (AvgIpc) is 3.73.